The van der Waals surface area contributed by atoms with Crippen LogP contribution in [-0.2, 0) is 11.2 Å². The molecule has 0 unspecified atom stereocenters. The lowest BCUT2D eigenvalue weighted by Crippen LogP contribution is -2.51. The molecule has 134 valence electrons. The van der Waals surface area contributed by atoms with Gasteiger partial charge in [0.2, 0.25) is 5.91 Å². The Morgan fingerprint density at radius 3 is 2.72 bits per heavy atom. The predicted molar refractivity (Wildman–Crippen MR) is 82.8 cm³/mol. The molecule has 2 N–H and O–H groups in total. The number of benzene rings is 1. The number of amides is 1. The number of aryl methyl sites for hydroxylation is 1. The Morgan fingerprint density at radius 2 is 2.12 bits per heavy atom. The first-order valence-electron chi connectivity index (χ1n) is 7.87. The van der Waals surface area contributed by atoms with Gasteiger partial charge in [0.15, 0.2) is 5.82 Å². The van der Waals surface area contributed by atoms with Crippen molar-refractivity contribution in [2.75, 3.05) is 13.1 Å². The summed E-state index contributed by atoms with van der Waals surface area (Å²) in [4.78, 5) is 17.8. The van der Waals surface area contributed by atoms with Gasteiger partial charge < -0.3 is 14.7 Å². The number of aromatic nitrogens is 3. The second-order valence-corrected chi connectivity index (χ2v) is 5.97. The van der Waals surface area contributed by atoms with Gasteiger partial charge in [-0.3, -0.25) is 9.89 Å². The van der Waals surface area contributed by atoms with E-state index in [0.717, 1.165) is 18.2 Å². The van der Waals surface area contributed by atoms with Gasteiger partial charge >= 0.3 is 0 Å². The molecule has 1 aromatic carbocycles. The van der Waals surface area contributed by atoms with E-state index in [9.17, 15) is 18.7 Å². The number of nitrogens with zero attached hydrogens (tertiary/aromatic N) is 3. The minimum atomic E-state index is -0.960. The maximum Gasteiger partial charge on any atom is 0.230 e. The van der Waals surface area contributed by atoms with Crippen LogP contribution in [0.1, 0.15) is 18.1 Å². The summed E-state index contributed by atoms with van der Waals surface area (Å²) in [5, 5.41) is 16.8. The zero-order chi connectivity index (χ0) is 18.0. The van der Waals surface area contributed by atoms with Crippen molar-refractivity contribution in [3.63, 3.8) is 0 Å². The van der Waals surface area contributed by atoms with E-state index in [2.05, 4.69) is 15.2 Å². The topological polar surface area (TPSA) is 91.3 Å². The number of likely N-dealkylation sites (tertiary alicyclic amines) is 1. The highest BCUT2D eigenvalue weighted by molar-refractivity contribution is 5.78. The summed E-state index contributed by atoms with van der Waals surface area (Å²) in [6.45, 7) is 2.18. The van der Waals surface area contributed by atoms with E-state index in [1.54, 1.807) is 6.92 Å². The molecule has 0 spiro atoms. The largest absolute Gasteiger partial charge is 0.487 e. The zero-order valence-electron chi connectivity index (χ0n) is 13.6. The van der Waals surface area contributed by atoms with Crippen LogP contribution in [0.5, 0.6) is 5.75 Å². The van der Waals surface area contributed by atoms with Crippen LogP contribution in [-0.4, -0.2) is 56.4 Å². The Kier molecular flexibility index (Phi) is 4.93. The monoisotopic (exact) mass is 352 g/mol. The minimum Gasteiger partial charge on any atom is -0.487 e. The second-order valence-electron chi connectivity index (χ2n) is 5.97. The average molecular weight is 352 g/mol. The molecule has 25 heavy (non-hydrogen) atoms. The van der Waals surface area contributed by atoms with E-state index in [4.69, 9.17) is 4.74 Å². The fourth-order valence-corrected chi connectivity index (χ4v) is 2.76. The number of β-amino-alcohol motifs (C(OH)–C–C–N with tert-alkyl or cyclic N) is 1. The van der Waals surface area contributed by atoms with Gasteiger partial charge in [0.25, 0.3) is 0 Å². The summed E-state index contributed by atoms with van der Waals surface area (Å²) in [7, 11) is 0. The number of H-pyrrole nitrogens is 1. The number of piperidine rings is 1. The average Bonchev–Trinajstić information content (AvgIpc) is 2.93. The normalized spacial score (nSPS) is 20.6. The molecule has 2 heterocycles. The Bertz CT molecular complexity index is 747. The quantitative estimate of drug-likeness (QED) is 0.856. The second kappa shape index (κ2) is 7.14. The third-order valence-corrected chi connectivity index (χ3v) is 3.95. The van der Waals surface area contributed by atoms with E-state index in [1.807, 2.05) is 0 Å². The molecule has 0 radical (unpaired) electrons. The Hall–Kier alpha value is -2.55. The number of nitrogens with one attached hydrogen (secondary N) is 1. The van der Waals surface area contributed by atoms with Crippen LogP contribution in [0, 0.1) is 18.6 Å². The predicted octanol–water partition coefficient (Wildman–Crippen LogP) is 0.975. The van der Waals surface area contributed by atoms with Gasteiger partial charge in [0, 0.05) is 31.2 Å². The van der Waals surface area contributed by atoms with Crippen LogP contribution >= 0.6 is 0 Å². The molecule has 2 aromatic rings. The van der Waals surface area contributed by atoms with Crippen LogP contribution in [0.2, 0.25) is 0 Å². The highest BCUT2D eigenvalue weighted by atomic mass is 19.1. The molecule has 1 fully saturated rings. The first-order valence-corrected chi connectivity index (χ1v) is 7.87. The number of aliphatic hydroxyl groups is 1. The van der Waals surface area contributed by atoms with Crippen LogP contribution < -0.4 is 4.74 Å². The number of hydrogen-bond donors (Lipinski definition) is 2. The van der Waals surface area contributed by atoms with Crippen molar-refractivity contribution in [3.05, 3.63) is 41.5 Å². The molecule has 1 aromatic heterocycles. The van der Waals surface area contributed by atoms with Crippen LogP contribution in [0.4, 0.5) is 8.78 Å². The molecule has 0 saturated carbocycles. The molecule has 0 bridgehead atoms. The number of aromatic amines is 1. The van der Waals surface area contributed by atoms with Crippen LogP contribution in [0.3, 0.4) is 0 Å². The lowest BCUT2D eigenvalue weighted by atomic mass is 10.0. The highest BCUT2D eigenvalue weighted by Gasteiger charge is 2.32. The zero-order valence-corrected chi connectivity index (χ0v) is 13.6. The van der Waals surface area contributed by atoms with Gasteiger partial charge in [-0.2, -0.15) is 5.10 Å². The summed E-state index contributed by atoms with van der Waals surface area (Å²) in [5.41, 5.74) is 0. The third kappa shape index (κ3) is 4.30. The molecule has 9 heteroatoms. The van der Waals surface area contributed by atoms with Crippen molar-refractivity contribution < 1.29 is 23.4 Å². The smallest absolute Gasteiger partial charge is 0.230 e. The van der Waals surface area contributed by atoms with Crippen molar-refractivity contribution in [1.82, 2.24) is 20.1 Å². The number of carbonyl (C=O) groups excluding carboxylic acids is 1. The molecule has 1 aliphatic heterocycles. The molecule has 2 atom stereocenters. The van der Waals surface area contributed by atoms with Crippen LogP contribution in [0.25, 0.3) is 0 Å². The molecule has 7 nitrogen and oxygen atoms in total. The van der Waals surface area contributed by atoms with Gasteiger partial charge in [-0.05, 0) is 6.92 Å². The number of carbonyl (C=O) groups is 1. The SMILES string of the molecule is Cc1nc(CC(=O)N2CC[C@@H](Oc3cc(F)cc(F)c3)[C@H](O)C2)n[nH]1. The molecular formula is C16H18F2N4O3. The lowest BCUT2D eigenvalue weighted by molar-refractivity contribution is -0.136. The first-order chi connectivity index (χ1) is 11.9. The summed E-state index contributed by atoms with van der Waals surface area (Å²) >= 11 is 0. The van der Waals surface area contributed by atoms with Crippen LogP contribution in [0.15, 0.2) is 18.2 Å². The van der Waals surface area contributed by atoms with Gasteiger partial charge in [0.1, 0.15) is 35.4 Å². The van der Waals surface area contributed by atoms with Crippen molar-refractivity contribution in [2.24, 2.45) is 0 Å². The van der Waals surface area contributed by atoms with Gasteiger partial charge in [-0.25, -0.2) is 13.8 Å². The molecule has 1 amide bonds. The number of rotatable bonds is 4. The fraction of sp³-hybridized carbons (Fsp3) is 0.438. The molecular weight excluding hydrogens is 334 g/mol. The lowest BCUT2D eigenvalue weighted by Gasteiger charge is -2.35. The maximum absolute atomic E-state index is 13.2. The van der Waals surface area contributed by atoms with Gasteiger partial charge in [-0.15, -0.1) is 0 Å². The maximum atomic E-state index is 13.2. The Labute approximate surface area is 142 Å². The van der Waals surface area contributed by atoms with E-state index in [0.29, 0.717) is 24.6 Å². The van der Waals surface area contributed by atoms with Crippen molar-refractivity contribution in [1.29, 1.82) is 0 Å². The number of aliphatic hydroxyl groups excluding tert-OH is 1. The van der Waals surface area contributed by atoms with E-state index in [-0.39, 0.29) is 24.6 Å². The minimum absolute atomic E-state index is 0.0116. The molecule has 0 aliphatic carbocycles. The third-order valence-electron chi connectivity index (χ3n) is 3.95. The summed E-state index contributed by atoms with van der Waals surface area (Å²) in [5.74, 6) is -0.675. The number of hydrogen-bond acceptors (Lipinski definition) is 5. The first kappa shape index (κ1) is 17.3. The van der Waals surface area contributed by atoms with Crippen molar-refractivity contribution in [3.8, 4) is 5.75 Å². The summed E-state index contributed by atoms with van der Waals surface area (Å²) in [6, 6.07) is 2.85. The Morgan fingerprint density at radius 1 is 1.40 bits per heavy atom. The fourth-order valence-electron chi connectivity index (χ4n) is 2.76. The summed E-state index contributed by atoms with van der Waals surface area (Å²) in [6.07, 6.45) is -1.22. The summed E-state index contributed by atoms with van der Waals surface area (Å²) < 4.78 is 31.9. The highest BCUT2D eigenvalue weighted by Crippen LogP contribution is 2.22. The van der Waals surface area contributed by atoms with Crippen molar-refractivity contribution in [2.45, 2.75) is 32.0 Å². The van der Waals surface area contributed by atoms with Gasteiger partial charge in [-0.1, -0.05) is 0 Å². The number of halogens is 2. The van der Waals surface area contributed by atoms with Crippen molar-refractivity contribution >= 4 is 5.91 Å². The Balaban J connectivity index is 1.57. The number of ether oxygens (including phenoxy) is 1. The van der Waals surface area contributed by atoms with E-state index >= 15 is 0 Å². The molecule has 1 saturated heterocycles. The standard InChI is InChI=1S/C16H18F2N4O3/c1-9-19-15(21-20-9)7-16(24)22-3-2-14(13(23)8-22)25-12-5-10(17)4-11(18)6-12/h4-6,13-14,23H,2-3,7-8H2,1H3,(H,19,20,21)/t13-,14-/m1/s1. The van der Waals surface area contributed by atoms with E-state index in [1.165, 1.54) is 4.90 Å². The molecule has 1 aliphatic rings. The van der Waals surface area contributed by atoms with E-state index < -0.39 is 23.8 Å². The van der Waals surface area contributed by atoms with Gasteiger partial charge in [0.05, 0.1) is 13.0 Å². The molecule has 3 rings (SSSR count).